The van der Waals surface area contributed by atoms with Crippen LogP contribution >= 0.6 is 0 Å². The van der Waals surface area contributed by atoms with Gasteiger partial charge >= 0.3 is 0 Å². The molecule has 0 bridgehead atoms. The number of aryl methyl sites for hydroxylation is 1. The fourth-order valence-corrected chi connectivity index (χ4v) is 1.40. The van der Waals surface area contributed by atoms with Crippen LogP contribution in [-0.4, -0.2) is 13.0 Å². The van der Waals surface area contributed by atoms with Gasteiger partial charge in [0.2, 0.25) is 5.91 Å². The summed E-state index contributed by atoms with van der Waals surface area (Å²) in [6.45, 7) is 0. The third-order valence-electron chi connectivity index (χ3n) is 2.11. The Kier molecular flexibility index (Phi) is 4.09. The molecule has 0 saturated heterocycles. The Morgan fingerprint density at radius 3 is 2.87 bits per heavy atom. The van der Waals surface area contributed by atoms with Crippen molar-refractivity contribution < 1.29 is 13.9 Å². The van der Waals surface area contributed by atoms with Crippen molar-refractivity contribution in [2.45, 2.75) is 19.3 Å². The van der Waals surface area contributed by atoms with Crippen LogP contribution in [0.15, 0.2) is 18.2 Å². The average Bonchev–Trinajstić information content (AvgIpc) is 2.17. The van der Waals surface area contributed by atoms with Gasteiger partial charge in [-0.15, -0.1) is 0 Å². The Bertz CT molecular complexity index is 352. The fourth-order valence-electron chi connectivity index (χ4n) is 1.40. The first-order valence-electron chi connectivity index (χ1n) is 4.74. The van der Waals surface area contributed by atoms with Crippen molar-refractivity contribution in [1.82, 2.24) is 0 Å². The molecule has 0 aliphatic heterocycles. The molecule has 0 heterocycles. The quantitative estimate of drug-likeness (QED) is 0.805. The second kappa shape index (κ2) is 5.34. The number of amides is 1. The molecular formula is C11H14FNO2. The van der Waals surface area contributed by atoms with Crippen LogP contribution in [0.25, 0.3) is 0 Å². The van der Waals surface area contributed by atoms with Crippen LogP contribution in [-0.2, 0) is 11.2 Å². The predicted molar refractivity (Wildman–Crippen MR) is 55.1 cm³/mol. The maximum Gasteiger partial charge on any atom is 0.217 e. The van der Waals surface area contributed by atoms with Gasteiger partial charge in [0.05, 0.1) is 7.11 Å². The normalized spacial score (nSPS) is 10.0. The van der Waals surface area contributed by atoms with Gasteiger partial charge in [0.1, 0.15) is 11.6 Å². The summed E-state index contributed by atoms with van der Waals surface area (Å²) < 4.78 is 18.0. The van der Waals surface area contributed by atoms with Crippen LogP contribution < -0.4 is 10.5 Å². The van der Waals surface area contributed by atoms with Gasteiger partial charge in [-0.25, -0.2) is 4.39 Å². The van der Waals surface area contributed by atoms with E-state index >= 15 is 0 Å². The SMILES string of the molecule is COc1ccc(F)cc1CCCC(N)=O. The van der Waals surface area contributed by atoms with E-state index in [4.69, 9.17) is 10.5 Å². The summed E-state index contributed by atoms with van der Waals surface area (Å²) in [6.07, 6.45) is 1.50. The molecule has 1 rings (SSSR count). The minimum atomic E-state index is -0.342. The molecule has 0 atom stereocenters. The molecule has 1 amide bonds. The van der Waals surface area contributed by atoms with Crippen molar-refractivity contribution in [3.63, 3.8) is 0 Å². The molecule has 82 valence electrons. The van der Waals surface area contributed by atoms with E-state index < -0.39 is 0 Å². The van der Waals surface area contributed by atoms with E-state index in [1.807, 2.05) is 0 Å². The highest BCUT2D eigenvalue weighted by molar-refractivity contribution is 5.73. The lowest BCUT2D eigenvalue weighted by molar-refractivity contribution is -0.118. The average molecular weight is 211 g/mol. The van der Waals surface area contributed by atoms with Crippen molar-refractivity contribution in [2.75, 3.05) is 7.11 Å². The number of methoxy groups -OCH3 is 1. The molecule has 1 aromatic carbocycles. The number of rotatable bonds is 5. The summed E-state index contributed by atoms with van der Waals surface area (Å²) in [5.74, 6) is -0.00360. The highest BCUT2D eigenvalue weighted by Gasteiger charge is 2.05. The highest BCUT2D eigenvalue weighted by Crippen LogP contribution is 2.21. The van der Waals surface area contributed by atoms with Crippen LogP contribution in [0.3, 0.4) is 0 Å². The number of halogens is 1. The standard InChI is InChI=1S/C11H14FNO2/c1-15-10-6-5-9(12)7-8(10)3-2-4-11(13)14/h5-7H,2-4H2,1H3,(H2,13,14). The van der Waals surface area contributed by atoms with Crippen molar-refractivity contribution >= 4 is 5.91 Å². The highest BCUT2D eigenvalue weighted by atomic mass is 19.1. The molecule has 4 heteroatoms. The molecule has 0 aliphatic rings. The lowest BCUT2D eigenvalue weighted by Gasteiger charge is -2.07. The van der Waals surface area contributed by atoms with Crippen LogP contribution in [0.4, 0.5) is 4.39 Å². The first-order valence-corrected chi connectivity index (χ1v) is 4.74. The number of carbonyl (C=O) groups excluding carboxylic acids is 1. The summed E-state index contributed by atoms with van der Waals surface area (Å²) >= 11 is 0. The first-order chi connectivity index (χ1) is 7.13. The van der Waals surface area contributed by atoms with Crippen LogP contribution in [0.1, 0.15) is 18.4 Å². The first kappa shape index (κ1) is 11.5. The predicted octanol–water partition coefficient (Wildman–Crippen LogP) is 1.64. The number of nitrogens with two attached hydrogens (primary N) is 1. The lowest BCUT2D eigenvalue weighted by Crippen LogP contribution is -2.10. The number of primary amides is 1. The van der Waals surface area contributed by atoms with E-state index in [-0.39, 0.29) is 11.7 Å². The molecule has 0 radical (unpaired) electrons. The Labute approximate surface area is 88.0 Å². The van der Waals surface area contributed by atoms with Gasteiger partial charge in [-0.05, 0) is 36.6 Å². The Morgan fingerprint density at radius 1 is 1.53 bits per heavy atom. The molecule has 0 aliphatic carbocycles. The summed E-state index contributed by atoms with van der Waals surface area (Å²) in [4.78, 5) is 10.5. The van der Waals surface area contributed by atoms with Crippen LogP contribution in [0.2, 0.25) is 0 Å². The van der Waals surface area contributed by atoms with Gasteiger partial charge in [0.25, 0.3) is 0 Å². The van der Waals surface area contributed by atoms with E-state index in [0.29, 0.717) is 25.0 Å². The molecule has 0 saturated carbocycles. The second-order valence-electron chi connectivity index (χ2n) is 3.28. The summed E-state index contributed by atoms with van der Waals surface area (Å²) in [6, 6.07) is 4.34. The zero-order valence-corrected chi connectivity index (χ0v) is 8.63. The zero-order chi connectivity index (χ0) is 11.3. The fraction of sp³-hybridized carbons (Fsp3) is 0.364. The molecule has 0 aromatic heterocycles. The van der Waals surface area contributed by atoms with Gasteiger partial charge < -0.3 is 10.5 Å². The Morgan fingerprint density at radius 2 is 2.27 bits per heavy atom. The number of ether oxygens (including phenoxy) is 1. The molecule has 3 nitrogen and oxygen atoms in total. The zero-order valence-electron chi connectivity index (χ0n) is 8.63. The van der Waals surface area contributed by atoms with E-state index in [9.17, 15) is 9.18 Å². The number of hydrogen-bond donors (Lipinski definition) is 1. The topological polar surface area (TPSA) is 52.3 Å². The van der Waals surface area contributed by atoms with E-state index in [1.165, 1.54) is 19.2 Å². The lowest BCUT2D eigenvalue weighted by atomic mass is 10.1. The third kappa shape index (κ3) is 3.58. The Hall–Kier alpha value is -1.58. The van der Waals surface area contributed by atoms with E-state index in [0.717, 1.165) is 5.56 Å². The third-order valence-corrected chi connectivity index (χ3v) is 2.11. The minimum Gasteiger partial charge on any atom is -0.496 e. The maximum absolute atomic E-state index is 12.9. The van der Waals surface area contributed by atoms with Crippen molar-refractivity contribution in [1.29, 1.82) is 0 Å². The minimum absolute atomic E-state index is 0.301. The molecule has 0 fully saturated rings. The second-order valence-corrected chi connectivity index (χ2v) is 3.28. The van der Waals surface area contributed by atoms with Gasteiger partial charge in [-0.1, -0.05) is 0 Å². The largest absolute Gasteiger partial charge is 0.496 e. The smallest absolute Gasteiger partial charge is 0.217 e. The molecule has 15 heavy (non-hydrogen) atoms. The van der Waals surface area contributed by atoms with Crippen LogP contribution in [0, 0.1) is 5.82 Å². The van der Waals surface area contributed by atoms with Gasteiger partial charge in [0, 0.05) is 6.42 Å². The van der Waals surface area contributed by atoms with Crippen molar-refractivity contribution in [3.05, 3.63) is 29.6 Å². The van der Waals surface area contributed by atoms with Gasteiger partial charge in [-0.2, -0.15) is 0 Å². The molecule has 2 N–H and O–H groups in total. The number of carbonyl (C=O) groups is 1. The summed E-state index contributed by atoms with van der Waals surface area (Å²) in [7, 11) is 1.53. The molecule has 0 spiro atoms. The molecule has 1 aromatic rings. The van der Waals surface area contributed by atoms with Crippen molar-refractivity contribution in [3.8, 4) is 5.75 Å². The van der Waals surface area contributed by atoms with Gasteiger partial charge in [-0.3, -0.25) is 4.79 Å². The monoisotopic (exact) mass is 211 g/mol. The summed E-state index contributed by atoms with van der Waals surface area (Å²) in [5, 5.41) is 0. The maximum atomic E-state index is 12.9. The van der Waals surface area contributed by atoms with Crippen molar-refractivity contribution in [2.24, 2.45) is 5.73 Å². The number of benzene rings is 1. The molecule has 0 unspecified atom stereocenters. The molecular weight excluding hydrogens is 197 g/mol. The Balaban J connectivity index is 2.65. The van der Waals surface area contributed by atoms with Crippen LogP contribution in [0.5, 0.6) is 5.75 Å². The van der Waals surface area contributed by atoms with E-state index in [1.54, 1.807) is 6.07 Å². The van der Waals surface area contributed by atoms with Gasteiger partial charge in [0.15, 0.2) is 0 Å². The summed E-state index contributed by atoms with van der Waals surface area (Å²) in [5.41, 5.74) is 5.78. The van der Waals surface area contributed by atoms with E-state index in [2.05, 4.69) is 0 Å². The number of hydrogen-bond acceptors (Lipinski definition) is 2.